The lowest BCUT2D eigenvalue weighted by molar-refractivity contribution is 0.405. The number of nitrogens with zero attached hydrogens (tertiary/aromatic N) is 4. The van der Waals surface area contributed by atoms with Gasteiger partial charge in [0.15, 0.2) is 0 Å². The Balaban J connectivity index is 1.82. The number of piperidine rings is 1. The van der Waals surface area contributed by atoms with Crippen molar-refractivity contribution in [3.05, 3.63) is 37.2 Å². The van der Waals surface area contributed by atoms with Crippen LogP contribution in [0.4, 0.5) is 5.69 Å². The summed E-state index contributed by atoms with van der Waals surface area (Å²) in [6.07, 6.45) is 13.0. The fraction of sp³-hybridized carbons (Fsp3) is 0.389. The lowest BCUT2D eigenvalue weighted by atomic mass is 9.95. The highest BCUT2D eigenvalue weighted by molar-refractivity contribution is 6.02. The molecule has 0 bridgehead atoms. The molecular weight excluding hydrogens is 286 g/mol. The minimum Gasteiger partial charge on any atom is -0.371 e. The van der Waals surface area contributed by atoms with Crippen LogP contribution in [0.5, 0.6) is 0 Å². The quantitative estimate of drug-likeness (QED) is 0.802. The normalized spacial score (nSPS) is 18.5. The standard InChI is InChI=1S/C18H21N5/c1-2-13-4-3-7-23(11-13)16-5-6-21-18-17(16)15(10-22-18)14-8-19-12-20-9-14/h5-6,8-10,12-13H,2-4,7,11H2,1H3,(H,21,22). The minimum atomic E-state index is 0.786. The molecule has 1 fully saturated rings. The molecule has 1 atom stereocenters. The second-order valence-corrected chi connectivity index (χ2v) is 6.25. The van der Waals surface area contributed by atoms with Crippen molar-refractivity contribution >= 4 is 16.7 Å². The molecule has 5 nitrogen and oxygen atoms in total. The van der Waals surface area contributed by atoms with Crippen LogP contribution in [0.1, 0.15) is 26.2 Å². The summed E-state index contributed by atoms with van der Waals surface area (Å²) < 4.78 is 0. The predicted octanol–water partition coefficient (Wildman–Crippen LogP) is 3.65. The molecule has 0 radical (unpaired) electrons. The van der Waals surface area contributed by atoms with E-state index < -0.39 is 0 Å². The van der Waals surface area contributed by atoms with Gasteiger partial charge in [-0.1, -0.05) is 13.3 Å². The molecule has 1 unspecified atom stereocenters. The van der Waals surface area contributed by atoms with Gasteiger partial charge in [-0.2, -0.15) is 0 Å². The molecule has 1 saturated heterocycles. The number of nitrogens with one attached hydrogen (secondary N) is 1. The van der Waals surface area contributed by atoms with Crippen LogP contribution in [-0.4, -0.2) is 33.0 Å². The maximum atomic E-state index is 4.50. The van der Waals surface area contributed by atoms with Crippen molar-refractivity contribution in [2.45, 2.75) is 26.2 Å². The van der Waals surface area contributed by atoms with E-state index in [4.69, 9.17) is 0 Å². The van der Waals surface area contributed by atoms with Gasteiger partial charge in [0.25, 0.3) is 0 Å². The number of hydrogen-bond acceptors (Lipinski definition) is 4. The zero-order valence-electron chi connectivity index (χ0n) is 13.4. The summed E-state index contributed by atoms with van der Waals surface area (Å²) in [5, 5.41) is 1.18. The smallest absolute Gasteiger partial charge is 0.139 e. The van der Waals surface area contributed by atoms with E-state index in [1.54, 1.807) is 6.33 Å². The Hall–Kier alpha value is -2.43. The first-order valence-electron chi connectivity index (χ1n) is 8.33. The number of pyridine rings is 1. The topological polar surface area (TPSA) is 57.7 Å². The Kier molecular flexibility index (Phi) is 3.69. The fourth-order valence-electron chi connectivity index (χ4n) is 3.59. The lowest BCUT2D eigenvalue weighted by Crippen LogP contribution is -2.35. The van der Waals surface area contributed by atoms with Gasteiger partial charge < -0.3 is 9.88 Å². The van der Waals surface area contributed by atoms with E-state index in [1.807, 2.05) is 24.8 Å². The van der Waals surface area contributed by atoms with Crippen LogP contribution in [0.25, 0.3) is 22.2 Å². The number of hydrogen-bond donors (Lipinski definition) is 1. The van der Waals surface area contributed by atoms with E-state index >= 15 is 0 Å². The van der Waals surface area contributed by atoms with Crippen LogP contribution in [0.15, 0.2) is 37.2 Å². The molecule has 0 amide bonds. The molecule has 0 saturated carbocycles. The molecule has 0 aromatic carbocycles. The average molecular weight is 307 g/mol. The van der Waals surface area contributed by atoms with Crippen LogP contribution in [0.2, 0.25) is 0 Å². The van der Waals surface area contributed by atoms with Gasteiger partial charge in [-0.3, -0.25) is 0 Å². The van der Waals surface area contributed by atoms with Gasteiger partial charge in [-0.05, 0) is 24.8 Å². The van der Waals surface area contributed by atoms with Crippen molar-refractivity contribution in [3.63, 3.8) is 0 Å². The summed E-state index contributed by atoms with van der Waals surface area (Å²) in [5.74, 6) is 0.786. The van der Waals surface area contributed by atoms with Crippen molar-refractivity contribution in [2.24, 2.45) is 5.92 Å². The molecule has 3 aromatic rings. The van der Waals surface area contributed by atoms with Gasteiger partial charge >= 0.3 is 0 Å². The second-order valence-electron chi connectivity index (χ2n) is 6.25. The van der Waals surface area contributed by atoms with Crippen LogP contribution >= 0.6 is 0 Å². The first-order valence-corrected chi connectivity index (χ1v) is 8.33. The van der Waals surface area contributed by atoms with Crippen LogP contribution in [0, 0.1) is 5.92 Å². The number of aromatic amines is 1. The molecule has 4 rings (SSSR count). The third kappa shape index (κ3) is 2.56. The van der Waals surface area contributed by atoms with Gasteiger partial charge in [0, 0.05) is 60.1 Å². The largest absolute Gasteiger partial charge is 0.371 e. The minimum absolute atomic E-state index is 0.786. The van der Waals surface area contributed by atoms with E-state index in [2.05, 4.69) is 37.8 Å². The molecular formula is C18H21N5. The van der Waals surface area contributed by atoms with Crippen molar-refractivity contribution < 1.29 is 0 Å². The second kappa shape index (κ2) is 5.99. The maximum absolute atomic E-state index is 4.50. The Morgan fingerprint density at radius 3 is 3.00 bits per heavy atom. The number of aromatic nitrogens is 4. The van der Waals surface area contributed by atoms with Gasteiger partial charge in [0.1, 0.15) is 12.0 Å². The summed E-state index contributed by atoms with van der Waals surface area (Å²) in [5.41, 5.74) is 4.35. The maximum Gasteiger partial charge on any atom is 0.139 e. The van der Waals surface area contributed by atoms with Crippen LogP contribution in [0.3, 0.4) is 0 Å². The first kappa shape index (κ1) is 14.2. The monoisotopic (exact) mass is 307 g/mol. The molecule has 0 spiro atoms. The highest BCUT2D eigenvalue weighted by Crippen LogP contribution is 2.36. The van der Waals surface area contributed by atoms with E-state index in [0.29, 0.717) is 0 Å². The summed E-state index contributed by atoms with van der Waals surface area (Å²) in [6, 6.07) is 2.14. The molecule has 5 heteroatoms. The molecule has 118 valence electrons. The van der Waals surface area contributed by atoms with Crippen LogP contribution < -0.4 is 4.90 Å². The highest BCUT2D eigenvalue weighted by Gasteiger charge is 2.22. The van der Waals surface area contributed by atoms with Crippen molar-refractivity contribution in [1.29, 1.82) is 0 Å². The summed E-state index contributed by atoms with van der Waals surface area (Å²) in [7, 11) is 0. The molecule has 0 aliphatic carbocycles. The number of anilines is 1. The Labute approximate surface area is 135 Å². The summed E-state index contributed by atoms with van der Waals surface area (Å²) >= 11 is 0. The molecule has 1 N–H and O–H groups in total. The molecule has 1 aliphatic heterocycles. The Morgan fingerprint density at radius 2 is 2.17 bits per heavy atom. The third-order valence-corrected chi connectivity index (χ3v) is 4.86. The first-order chi connectivity index (χ1) is 11.4. The Bertz CT molecular complexity index is 796. The van der Waals surface area contributed by atoms with Gasteiger partial charge in [-0.25, -0.2) is 15.0 Å². The third-order valence-electron chi connectivity index (χ3n) is 4.86. The number of H-pyrrole nitrogens is 1. The van der Waals surface area contributed by atoms with Gasteiger partial charge in [-0.15, -0.1) is 0 Å². The zero-order valence-corrected chi connectivity index (χ0v) is 13.4. The van der Waals surface area contributed by atoms with E-state index in [-0.39, 0.29) is 0 Å². The summed E-state index contributed by atoms with van der Waals surface area (Å²) in [4.78, 5) is 18.6. The fourth-order valence-corrected chi connectivity index (χ4v) is 3.59. The van der Waals surface area contributed by atoms with Crippen molar-refractivity contribution in [1.82, 2.24) is 19.9 Å². The SMILES string of the molecule is CCC1CCCN(c2ccnc3[nH]cc(-c4cncnc4)c23)C1. The van der Waals surface area contributed by atoms with Crippen molar-refractivity contribution in [2.75, 3.05) is 18.0 Å². The van der Waals surface area contributed by atoms with Crippen LogP contribution in [-0.2, 0) is 0 Å². The number of fused-ring (bicyclic) bond motifs is 1. The zero-order chi connectivity index (χ0) is 15.6. The van der Waals surface area contributed by atoms with Crippen molar-refractivity contribution in [3.8, 4) is 11.1 Å². The van der Waals surface area contributed by atoms with Gasteiger partial charge in [0.2, 0.25) is 0 Å². The molecule has 4 heterocycles. The molecule has 23 heavy (non-hydrogen) atoms. The van der Waals surface area contributed by atoms with E-state index in [9.17, 15) is 0 Å². The van der Waals surface area contributed by atoms with Gasteiger partial charge in [0.05, 0.1) is 0 Å². The predicted molar refractivity (Wildman–Crippen MR) is 92.3 cm³/mol. The lowest BCUT2D eigenvalue weighted by Gasteiger charge is -2.34. The van der Waals surface area contributed by atoms with E-state index in [0.717, 1.165) is 35.8 Å². The number of rotatable bonds is 3. The summed E-state index contributed by atoms with van der Waals surface area (Å²) in [6.45, 7) is 4.54. The average Bonchev–Trinajstić information content (AvgIpc) is 3.06. The highest BCUT2D eigenvalue weighted by atomic mass is 15.1. The van der Waals surface area contributed by atoms with E-state index in [1.165, 1.54) is 30.3 Å². The molecule has 3 aromatic heterocycles. The Morgan fingerprint density at radius 1 is 1.30 bits per heavy atom. The molecule has 1 aliphatic rings.